The van der Waals surface area contributed by atoms with Crippen molar-refractivity contribution in [2.75, 3.05) is 5.32 Å². The van der Waals surface area contributed by atoms with Gasteiger partial charge < -0.3 is 9.73 Å². The zero-order valence-corrected chi connectivity index (χ0v) is 21.3. The van der Waals surface area contributed by atoms with Crippen LogP contribution in [0.1, 0.15) is 0 Å². The van der Waals surface area contributed by atoms with E-state index in [2.05, 4.69) is 125 Å². The van der Waals surface area contributed by atoms with Crippen LogP contribution in [0, 0.1) is 0 Å². The molecule has 1 N–H and O–H groups in total. The lowest BCUT2D eigenvalue weighted by Gasteiger charge is -2.23. The van der Waals surface area contributed by atoms with Crippen LogP contribution in [-0.2, 0) is 0 Å². The minimum absolute atomic E-state index is 0.0778. The lowest BCUT2D eigenvalue weighted by Crippen LogP contribution is -2.30. The number of aromatic nitrogens is 1. The largest absolute Gasteiger partial charge is 0.455 e. The van der Waals surface area contributed by atoms with E-state index < -0.39 is 0 Å². The first kappa shape index (κ1) is 20.6. The highest BCUT2D eigenvalue weighted by Gasteiger charge is 2.29. The normalized spacial score (nSPS) is 16.4. The zero-order chi connectivity index (χ0) is 25.9. The van der Waals surface area contributed by atoms with Crippen molar-refractivity contribution in [1.29, 1.82) is 0 Å². The van der Waals surface area contributed by atoms with Crippen LogP contribution in [0.15, 0.2) is 125 Å². The number of para-hydroxylation sites is 1. The van der Waals surface area contributed by atoms with E-state index in [1.165, 1.54) is 32.8 Å². The third kappa shape index (κ3) is 2.53. The van der Waals surface area contributed by atoms with Crippen molar-refractivity contribution in [2.24, 2.45) is 4.99 Å². The van der Waals surface area contributed by atoms with Gasteiger partial charge in [0.2, 0.25) is 0 Å². The van der Waals surface area contributed by atoms with Crippen molar-refractivity contribution in [2.45, 2.75) is 6.04 Å². The Hall–Kier alpha value is -5.35. The van der Waals surface area contributed by atoms with Gasteiger partial charge in [-0.15, -0.1) is 0 Å². The number of furan rings is 1. The van der Waals surface area contributed by atoms with Crippen LogP contribution in [0.5, 0.6) is 0 Å². The van der Waals surface area contributed by atoms with Crippen molar-refractivity contribution >= 4 is 77.1 Å². The Morgan fingerprint density at radius 2 is 1.60 bits per heavy atom. The van der Waals surface area contributed by atoms with Gasteiger partial charge in [0.15, 0.2) is 0 Å². The first-order valence-corrected chi connectivity index (χ1v) is 13.7. The van der Waals surface area contributed by atoms with Crippen LogP contribution in [0.4, 0.5) is 11.5 Å². The molecule has 10 rings (SSSR count). The average Bonchev–Trinajstić information content (AvgIpc) is 3.66. The van der Waals surface area contributed by atoms with Gasteiger partial charge in [0.1, 0.15) is 22.7 Å². The lowest BCUT2D eigenvalue weighted by atomic mass is 9.99. The van der Waals surface area contributed by atoms with E-state index in [4.69, 9.17) is 9.41 Å². The first-order chi connectivity index (χ1) is 19.8. The highest BCUT2D eigenvalue weighted by atomic mass is 16.3. The lowest BCUT2D eigenvalue weighted by molar-refractivity contribution is 0.673. The summed E-state index contributed by atoms with van der Waals surface area (Å²) < 4.78 is 8.98. The number of benzene rings is 5. The predicted octanol–water partition coefficient (Wildman–Crippen LogP) is 9.40. The van der Waals surface area contributed by atoms with Gasteiger partial charge in [-0.25, -0.2) is 4.99 Å². The van der Waals surface area contributed by atoms with Crippen molar-refractivity contribution in [3.05, 3.63) is 115 Å². The second-order valence-corrected chi connectivity index (χ2v) is 10.8. The molecule has 0 saturated heterocycles. The van der Waals surface area contributed by atoms with Crippen LogP contribution in [0.3, 0.4) is 0 Å². The molecule has 1 aliphatic heterocycles. The fourth-order valence-electron chi connectivity index (χ4n) is 6.87. The summed E-state index contributed by atoms with van der Waals surface area (Å²) in [6, 6.07) is 32.8. The second-order valence-electron chi connectivity index (χ2n) is 10.8. The van der Waals surface area contributed by atoms with Crippen molar-refractivity contribution in [1.82, 2.24) is 4.40 Å². The maximum atomic E-state index is 6.64. The first-order valence-electron chi connectivity index (χ1n) is 13.7. The monoisotopic (exact) mass is 511 g/mol. The molecule has 5 aromatic carbocycles. The van der Waals surface area contributed by atoms with Crippen molar-refractivity contribution < 1.29 is 4.42 Å². The molecule has 0 amide bonds. The van der Waals surface area contributed by atoms with E-state index in [1.54, 1.807) is 0 Å². The number of fused-ring (bicyclic) bond motifs is 12. The number of nitrogens with one attached hydrogen (secondary N) is 1. The number of nitrogens with zero attached hydrogens (tertiary/aromatic N) is 2. The molecule has 8 aromatic rings. The van der Waals surface area contributed by atoms with Crippen LogP contribution in [0.25, 0.3) is 71.0 Å². The Kier molecular flexibility index (Phi) is 3.70. The molecule has 1 unspecified atom stereocenters. The Morgan fingerprint density at radius 3 is 2.58 bits per heavy atom. The van der Waals surface area contributed by atoms with Gasteiger partial charge >= 0.3 is 0 Å². The Morgan fingerprint density at radius 1 is 0.725 bits per heavy atom. The number of rotatable bonds is 1. The van der Waals surface area contributed by atoms with Gasteiger partial charge in [-0.3, -0.25) is 4.40 Å². The van der Waals surface area contributed by atoms with E-state index in [9.17, 15) is 0 Å². The maximum absolute atomic E-state index is 6.64. The molecule has 0 saturated carbocycles. The number of aliphatic imine (C=N–C) groups is 1. The topological polar surface area (TPSA) is 41.9 Å². The molecule has 3 aromatic heterocycles. The fourth-order valence-corrected chi connectivity index (χ4v) is 6.87. The number of hydrogen-bond donors (Lipinski definition) is 1. The summed E-state index contributed by atoms with van der Waals surface area (Å²) in [5.74, 6) is 1.05. The maximum Gasteiger partial charge on any atom is 0.145 e. The molecular weight excluding hydrogens is 490 g/mol. The van der Waals surface area contributed by atoms with Crippen LogP contribution < -0.4 is 5.32 Å². The highest BCUT2D eigenvalue weighted by molar-refractivity contribution is 6.28. The summed E-state index contributed by atoms with van der Waals surface area (Å²) in [6.45, 7) is 0. The van der Waals surface area contributed by atoms with Gasteiger partial charge in [-0.05, 0) is 58.3 Å². The van der Waals surface area contributed by atoms with E-state index >= 15 is 0 Å². The molecule has 4 nitrogen and oxygen atoms in total. The molecule has 0 bridgehead atoms. The number of anilines is 1. The van der Waals surface area contributed by atoms with E-state index in [0.717, 1.165) is 55.4 Å². The summed E-state index contributed by atoms with van der Waals surface area (Å²) in [4.78, 5) is 5.09. The van der Waals surface area contributed by atoms with Gasteiger partial charge in [-0.1, -0.05) is 78.9 Å². The van der Waals surface area contributed by atoms with E-state index in [1.807, 2.05) is 0 Å². The Bertz CT molecular complexity index is 2470. The van der Waals surface area contributed by atoms with Crippen LogP contribution >= 0.6 is 0 Å². The second kappa shape index (κ2) is 7.19. The highest BCUT2D eigenvalue weighted by Crippen LogP contribution is 2.48. The quantitative estimate of drug-likeness (QED) is 0.238. The summed E-state index contributed by atoms with van der Waals surface area (Å²) in [7, 11) is 0. The fraction of sp³-hybridized carbons (Fsp3) is 0.0278. The number of hydrogen-bond acceptors (Lipinski definition) is 3. The Balaban J connectivity index is 1.24. The zero-order valence-electron chi connectivity index (χ0n) is 21.3. The van der Waals surface area contributed by atoms with Gasteiger partial charge in [-0.2, -0.15) is 0 Å². The van der Waals surface area contributed by atoms with Gasteiger partial charge in [0.05, 0.1) is 28.2 Å². The van der Waals surface area contributed by atoms with E-state index in [-0.39, 0.29) is 6.04 Å². The van der Waals surface area contributed by atoms with Crippen LogP contribution in [-0.4, -0.2) is 16.2 Å². The molecule has 4 heterocycles. The van der Waals surface area contributed by atoms with Gasteiger partial charge in [0.25, 0.3) is 0 Å². The Labute approximate surface area is 228 Å². The molecular formula is C36H21N3O. The summed E-state index contributed by atoms with van der Waals surface area (Å²) in [5.41, 5.74) is 8.64. The van der Waals surface area contributed by atoms with Crippen molar-refractivity contribution in [3.8, 4) is 11.1 Å². The molecule has 2 aliphatic rings. The smallest absolute Gasteiger partial charge is 0.145 e. The van der Waals surface area contributed by atoms with Crippen LogP contribution in [0.2, 0.25) is 0 Å². The summed E-state index contributed by atoms with van der Waals surface area (Å²) >= 11 is 0. The molecule has 0 radical (unpaired) electrons. The molecule has 186 valence electrons. The van der Waals surface area contributed by atoms with E-state index in [0.29, 0.717) is 0 Å². The molecule has 0 spiro atoms. The molecule has 0 fully saturated rings. The predicted molar refractivity (Wildman–Crippen MR) is 167 cm³/mol. The van der Waals surface area contributed by atoms with Crippen molar-refractivity contribution in [3.63, 3.8) is 0 Å². The standard InChI is InChI=1S/C36H21N3O/c1-2-7-21-18-22(13-12-20(21)6-1)23-14-17-31-27(19-23)24-15-16-30-32(35(24)40-31)25-8-5-9-26-33-36(39(30)34(25)26)38-29-11-4-3-10-28(29)37-33/h1-19,29,38H. The third-order valence-electron chi connectivity index (χ3n) is 8.71. The molecule has 4 heteroatoms. The SMILES string of the molecule is C1=CC2=Nc3c(n4c5ccc6c7cc(-c8ccc9ccccc9c8)ccc7oc6c5c5cccc3c54)NC2C=C1. The molecule has 40 heavy (non-hydrogen) atoms. The minimum atomic E-state index is 0.0778. The average molecular weight is 512 g/mol. The number of allylic oxidation sites excluding steroid dienone is 2. The molecule has 1 aliphatic carbocycles. The summed E-state index contributed by atoms with van der Waals surface area (Å²) in [5, 5.41) is 12.0. The minimum Gasteiger partial charge on any atom is -0.455 e. The third-order valence-corrected chi connectivity index (χ3v) is 8.71. The molecule has 1 atom stereocenters. The summed E-state index contributed by atoms with van der Waals surface area (Å²) in [6.07, 6.45) is 8.39. The van der Waals surface area contributed by atoms with Gasteiger partial charge in [0, 0.05) is 21.5 Å².